The molecule has 1 atom stereocenters. The lowest BCUT2D eigenvalue weighted by Crippen LogP contribution is -2.44. The number of nitriles is 1. The molecule has 0 spiro atoms. The second-order valence-corrected chi connectivity index (χ2v) is 7.14. The summed E-state index contributed by atoms with van der Waals surface area (Å²) in [6.07, 6.45) is 0. The summed E-state index contributed by atoms with van der Waals surface area (Å²) in [5, 5.41) is 19.8. The summed E-state index contributed by atoms with van der Waals surface area (Å²) < 4.78 is 11.6. The quantitative estimate of drug-likeness (QED) is 0.421. The minimum atomic E-state index is -1.83. The molecular formula is C26H25NO4. The van der Waals surface area contributed by atoms with Crippen LogP contribution >= 0.6 is 0 Å². The first-order valence-electron chi connectivity index (χ1n) is 10.1. The standard InChI is InChI=1S/C26H25NO4/c1-2-30-24(29)25(18-27,19-28)20-31-26(21-12-6-3-7-13-21,22-14-8-4-9-15-22)23-16-10-5-11-17-23/h3-17,28H,2,19-20H2,1H3. The molecule has 0 saturated carbocycles. The minimum Gasteiger partial charge on any atom is -0.465 e. The predicted octanol–water partition coefficient (Wildman–Crippen LogP) is 4.06. The molecule has 5 heteroatoms. The number of hydrogen-bond acceptors (Lipinski definition) is 5. The molecule has 0 aliphatic rings. The van der Waals surface area contributed by atoms with Crippen LogP contribution in [-0.4, -0.2) is 30.9 Å². The van der Waals surface area contributed by atoms with Crippen molar-refractivity contribution in [2.75, 3.05) is 19.8 Å². The van der Waals surface area contributed by atoms with Crippen molar-refractivity contribution in [3.05, 3.63) is 108 Å². The first-order chi connectivity index (χ1) is 15.1. The van der Waals surface area contributed by atoms with E-state index in [1.807, 2.05) is 97.1 Å². The normalized spacial score (nSPS) is 13.1. The van der Waals surface area contributed by atoms with Gasteiger partial charge in [-0.1, -0.05) is 91.0 Å². The van der Waals surface area contributed by atoms with Crippen molar-refractivity contribution >= 4 is 5.97 Å². The summed E-state index contributed by atoms with van der Waals surface area (Å²) in [7, 11) is 0. The Bertz CT molecular complexity index is 919. The SMILES string of the molecule is CCOC(=O)C(C#N)(CO)COC(c1ccccc1)(c1ccccc1)c1ccccc1. The summed E-state index contributed by atoms with van der Waals surface area (Å²) in [6.45, 7) is 0.693. The average Bonchev–Trinajstić information content (AvgIpc) is 2.84. The lowest BCUT2D eigenvalue weighted by Gasteiger charge is -2.38. The Balaban J connectivity index is 2.19. The maximum Gasteiger partial charge on any atom is 0.331 e. The molecule has 0 radical (unpaired) electrons. The van der Waals surface area contributed by atoms with Gasteiger partial charge in [0.15, 0.2) is 5.41 Å². The summed E-state index contributed by atoms with van der Waals surface area (Å²) in [6, 6.07) is 30.8. The fraction of sp³-hybridized carbons (Fsp3) is 0.231. The van der Waals surface area contributed by atoms with Crippen LogP contribution in [0.4, 0.5) is 0 Å². The van der Waals surface area contributed by atoms with Crippen molar-refractivity contribution in [2.24, 2.45) is 5.41 Å². The summed E-state index contributed by atoms with van der Waals surface area (Å²) in [5.41, 5.74) is -0.434. The van der Waals surface area contributed by atoms with E-state index in [-0.39, 0.29) is 13.2 Å². The molecule has 3 aromatic rings. The number of aliphatic hydroxyl groups is 1. The van der Waals surface area contributed by atoms with Gasteiger partial charge < -0.3 is 14.6 Å². The van der Waals surface area contributed by atoms with E-state index in [4.69, 9.17) is 9.47 Å². The average molecular weight is 415 g/mol. The van der Waals surface area contributed by atoms with Crippen LogP contribution < -0.4 is 0 Å². The second kappa shape index (κ2) is 10.0. The fourth-order valence-corrected chi connectivity index (χ4v) is 3.55. The Hall–Kier alpha value is -3.46. The zero-order chi connectivity index (χ0) is 22.2. The van der Waals surface area contributed by atoms with Crippen LogP contribution in [0, 0.1) is 16.7 Å². The maximum absolute atomic E-state index is 12.6. The lowest BCUT2D eigenvalue weighted by atomic mass is 9.79. The highest BCUT2D eigenvalue weighted by atomic mass is 16.5. The van der Waals surface area contributed by atoms with E-state index in [1.54, 1.807) is 6.92 Å². The van der Waals surface area contributed by atoms with Crippen molar-refractivity contribution in [2.45, 2.75) is 12.5 Å². The first kappa shape index (κ1) is 22.2. The van der Waals surface area contributed by atoms with E-state index in [0.29, 0.717) is 0 Å². The summed E-state index contributed by atoms with van der Waals surface area (Å²) >= 11 is 0. The van der Waals surface area contributed by atoms with Crippen LogP contribution in [-0.2, 0) is 19.9 Å². The number of rotatable bonds is 9. The van der Waals surface area contributed by atoms with Gasteiger partial charge in [-0.3, -0.25) is 4.79 Å². The highest BCUT2D eigenvalue weighted by Gasteiger charge is 2.45. The summed E-state index contributed by atoms with van der Waals surface area (Å²) in [4.78, 5) is 12.6. The van der Waals surface area contributed by atoms with E-state index < -0.39 is 23.6 Å². The number of aliphatic hydroxyl groups excluding tert-OH is 1. The van der Waals surface area contributed by atoms with E-state index in [1.165, 1.54) is 0 Å². The zero-order valence-electron chi connectivity index (χ0n) is 17.4. The van der Waals surface area contributed by atoms with E-state index in [2.05, 4.69) is 0 Å². The predicted molar refractivity (Wildman–Crippen MR) is 117 cm³/mol. The van der Waals surface area contributed by atoms with Crippen LogP contribution in [0.3, 0.4) is 0 Å². The van der Waals surface area contributed by atoms with Crippen LogP contribution in [0.5, 0.6) is 0 Å². The third-order valence-corrected chi connectivity index (χ3v) is 5.23. The molecule has 0 bridgehead atoms. The molecule has 0 aromatic heterocycles. The van der Waals surface area contributed by atoms with Gasteiger partial charge in [0.1, 0.15) is 5.60 Å². The molecule has 3 rings (SSSR count). The molecule has 1 N–H and O–H groups in total. The second-order valence-electron chi connectivity index (χ2n) is 7.14. The number of carbonyl (C=O) groups excluding carboxylic acids is 1. The van der Waals surface area contributed by atoms with Gasteiger partial charge in [0.2, 0.25) is 0 Å². The molecule has 0 amide bonds. The number of nitrogens with zero attached hydrogens (tertiary/aromatic N) is 1. The number of hydrogen-bond donors (Lipinski definition) is 1. The molecule has 5 nitrogen and oxygen atoms in total. The van der Waals surface area contributed by atoms with Crippen molar-refractivity contribution < 1.29 is 19.4 Å². The molecule has 0 aliphatic carbocycles. The molecule has 3 aromatic carbocycles. The molecule has 1 unspecified atom stereocenters. The lowest BCUT2D eigenvalue weighted by molar-refractivity contribution is -0.160. The Labute approximate surface area is 182 Å². The van der Waals surface area contributed by atoms with Gasteiger partial charge in [0, 0.05) is 0 Å². The molecule has 158 valence electrons. The third kappa shape index (κ3) is 4.36. The first-order valence-corrected chi connectivity index (χ1v) is 10.1. The minimum absolute atomic E-state index is 0.101. The largest absolute Gasteiger partial charge is 0.465 e. The van der Waals surface area contributed by atoms with Gasteiger partial charge in [0.25, 0.3) is 0 Å². The molecule has 0 saturated heterocycles. The van der Waals surface area contributed by atoms with Crippen LogP contribution in [0.15, 0.2) is 91.0 Å². The van der Waals surface area contributed by atoms with E-state index in [9.17, 15) is 15.2 Å². The van der Waals surface area contributed by atoms with Crippen molar-refractivity contribution in [3.8, 4) is 6.07 Å². The van der Waals surface area contributed by atoms with Crippen LogP contribution in [0.1, 0.15) is 23.6 Å². The smallest absolute Gasteiger partial charge is 0.331 e. The number of carbonyl (C=O) groups is 1. The van der Waals surface area contributed by atoms with Gasteiger partial charge in [-0.2, -0.15) is 5.26 Å². The van der Waals surface area contributed by atoms with Crippen molar-refractivity contribution in [1.29, 1.82) is 5.26 Å². The van der Waals surface area contributed by atoms with E-state index in [0.717, 1.165) is 16.7 Å². The van der Waals surface area contributed by atoms with Gasteiger partial charge in [0.05, 0.1) is 25.9 Å². The number of esters is 1. The highest BCUT2D eigenvalue weighted by Crippen LogP contribution is 2.41. The monoisotopic (exact) mass is 415 g/mol. The van der Waals surface area contributed by atoms with Gasteiger partial charge in [-0.05, 0) is 23.6 Å². The van der Waals surface area contributed by atoms with E-state index >= 15 is 0 Å². The summed E-state index contributed by atoms with van der Waals surface area (Å²) in [5.74, 6) is -0.803. The molecule has 31 heavy (non-hydrogen) atoms. The van der Waals surface area contributed by atoms with Crippen LogP contribution in [0.2, 0.25) is 0 Å². The van der Waals surface area contributed by atoms with Crippen molar-refractivity contribution in [1.82, 2.24) is 0 Å². The maximum atomic E-state index is 12.6. The molecule has 0 aliphatic heterocycles. The Morgan fingerprint density at radius 3 is 1.61 bits per heavy atom. The fourth-order valence-electron chi connectivity index (χ4n) is 3.55. The Morgan fingerprint density at radius 2 is 1.29 bits per heavy atom. The zero-order valence-corrected chi connectivity index (χ0v) is 17.4. The van der Waals surface area contributed by atoms with Gasteiger partial charge in [-0.25, -0.2) is 0 Å². The topological polar surface area (TPSA) is 79.6 Å². The van der Waals surface area contributed by atoms with Crippen molar-refractivity contribution in [3.63, 3.8) is 0 Å². The van der Waals surface area contributed by atoms with Gasteiger partial charge >= 0.3 is 5.97 Å². The Morgan fingerprint density at radius 1 is 0.871 bits per heavy atom. The van der Waals surface area contributed by atoms with Crippen LogP contribution in [0.25, 0.3) is 0 Å². The molecule has 0 fully saturated rings. The molecular weight excluding hydrogens is 390 g/mol. The number of benzene rings is 3. The van der Waals surface area contributed by atoms with Gasteiger partial charge in [-0.15, -0.1) is 0 Å². The molecule has 0 heterocycles. The number of ether oxygens (including phenoxy) is 2. The Kier molecular flexibility index (Phi) is 7.19. The highest BCUT2D eigenvalue weighted by molar-refractivity contribution is 5.80. The third-order valence-electron chi connectivity index (χ3n) is 5.23.